The summed E-state index contributed by atoms with van der Waals surface area (Å²) in [6, 6.07) is 9.65. The minimum atomic E-state index is -0.670. The maximum atomic E-state index is 13.2. The third-order valence-electron chi connectivity index (χ3n) is 2.60. The minimum Gasteiger partial charge on any atom is -0.449 e. The van der Waals surface area contributed by atoms with Crippen LogP contribution in [0.4, 0.5) is 10.1 Å². The molecule has 0 unspecified atom stereocenters. The van der Waals surface area contributed by atoms with Crippen molar-refractivity contribution < 1.29 is 14.1 Å². The molecule has 0 aliphatic heterocycles. The molecule has 0 radical (unpaired) electrons. The molecular weight excluding hydrogens is 263 g/mol. The van der Waals surface area contributed by atoms with Gasteiger partial charge in [0, 0.05) is 12.1 Å². The summed E-state index contributed by atoms with van der Waals surface area (Å²) in [5.41, 5.74) is 0.670. The molecular formula is C14H9FN2O3. The Bertz CT molecular complexity index is 723. The number of ether oxygens (including phenoxy) is 1. The number of nitro groups is 1. The molecule has 0 heterocycles. The Morgan fingerprint density at radius 3 is 2.65 bits per heavy atom. The summed E-state index contributed by atoms with van der Waals surface area (Å²) in [5, 5.41) is 19.9. The quantitative estimate of drug-likeness (QED) is 0.630. The molecule has 0 N–H and O–H groups in total. The van der Waals surface area contributed by atoms with Gasteiger partial charge in [-0.3, -0.25) is 10.1 Å². The van der Waals surface area contributed by atoms with Gasteiger partial charge in [0.25, 0.3) is 0 Å². The fourth-order valence-corrected chi connectivity index (χ4v) is 1.65. The van der Waals surface area contributed by atoms with Crippen molar-refractivity contribution in [2.24, 2.45) is 0 Å². The van der Waals surface area contributed by atoms with Crippen molar-refractivity contribution in [3.63, 3.8) is 0 Å². The van der Waals surface area contributed by atoms with Crippen molar-refractivity contribution >= 4 is 5.69 Å². The number of halogens is 1. The summed E-state index contributed by atoms with van der Waals surface area (Å²) < 4.78 is 18.6. The molecule has 0 bridgehead atoms. The number of nitriles is 1. The molecule has 2 aromatic rings. The molecule has 6 heteroatoms. The molecule has 0 aliphatic carbocycles. The number of hydrogen-bond acceptors (Lipinski definition) is 4. The fraction of sp³-hybridized carbons (Fsp3) is 0.0714. The zero-order valence-electron chi connectivity index (χ0n) is 10.5. The van der Waals surface area contributed by atoms with Crippen LogP contribution in [0.3, 0.4) is 0 Å². The van der Waals surface area contributed by atoms with Crippen LogP contribution in [0.5, 0.6) is 11.5 Å². The Morgan fingerprint density at radius 2 is 2.00 bits per heavy atom. The summed E-state index contributed by atoms with van der Waals surface area (Å²) in [6.07, 6.45) is 0. The molecule has 0 saturated carbocycles. The van der Waals surface area contributed by atoms with E-state index >= 15 is 0 Å². The van der Waals surface area contributed by atoms with E-state index < -0.39 is 10.7 Å². The molecule has 5 nitrogen and oxygen atoms in total. The molecule has 0 saturated heterocycles. The molecule has 0 spiro atoms. The number of nitro benzene ring substituents is 1. The van der Waals surface area contributed by atoms with Gasteiger partial charge >= 0.3 is 5.69 Å². The van der Waals surface area contributed by atoms with Crippen molar-refractivity contribution in [1.82, 2.24) is 0 Å². The Morgan fingerprint density at radius 1 is 1.25 bits per heavy atom. The molecule has 0 aliphatic rings. The summed E-state index contributed by atoms with van der Waals surface area (Å²) in [4.78, 5) is 10.2. The molecule has 0 fully saturated rings. The van der Waals surface area contributed by atoms with E-state index in [2.05, 4.69) is 0 Å². The van der Waals surface area contributed by atoms with Crippen LogP contribution >= 0.6 is 0 Å². The van der Waals surface area contributed by atoms with E-state index in [0.717, 1.165) is 23.8 Å². The van der Waals surface area contributed by atoms with Gasteiger partial charge in [-0.05, 0) is 30.7 Å². The van der Waals surface area contributed by atoms with Gasteiger partial charge in [-0.25, -0.2) is 4.39 Å². The molecule has 0 amide bonds. The average molecular weight is 272 g/mol. The number of benzene rings is 2. The zero-order chi connectivity index (χ0) is 14.7. The van der Waals surface area contributed by atoms with Crippen molar-refractivity contribution in [1.29, 1.82) is 5.26 Å². The first-order valence-corrected chi connectivity index (χ1v) is 5.64. The number of aryl methyl sites for hydroxylation is 1. The normalized spacial score (nSPS) is 9.85. The van der Waals surface area contributed by atoms with Crippen molar-refractivity contribution in [3.8, 4) is 17.6 Å². The van der Waals surface area contributed by atoms with Gasteiger partial charge in [-0.15, -0.1) is 0 Å². The third kappa shape index (κ3) is 2.72. The van der Waals surface area contributed by atoms with Gasteiger partial charge in [0.15, 0.2) is 0 Å². The first-order valence-electron chi connectivity index (χ1n) is 5.64. The fourth-order valence-electron chi connectivity index (χ4n) is 1.65. The highest BCUT2D eigenvalue weighted by Crippen LogP contribution is 2.33. The van der Waals surface area contributed by atoms with E-state index in [0.29, 0.717) is 0 Å². The number of nitrogens with zero attached hydrogens (tertiary/aromatic N) is 2. The minimum absolute atomic E-state index is 0.154. The smallest absolute Gasteiger partial charge is 0.311 e. The van der Waals surface area contributed by atoms with Crippen molar-refractivity contribution in [2.75, 3.05) is 0 Å². The van der Waals surface area contributed by atoms with E-state index in [1.54, 1.807) is 19.1 Å². The molecule has 0 aromatic heterocycles. The highest BCUT2D eigenvalue weighted by atomic mass is 19.1. The second-order valence-electron chi connectivity index (χ2n) is 4.08. The summed E-state index contributed by atoms with van der Waals surface area (Å²) in [5.74, 6) is -0.741. The number of rotatable bonds is 3. The molecule has 100 valence electrons. The highest BCUT2D eigenvalue weighted by molar-refractivity contribution is 5.52. The van der Waals surface area contributed by atoms with E-state index in [1.165, 1.54) is 6.07 Å². The third-order valence-corrected chi connectivity index (χ3v) is 2.60. The van der Waals surface area contributed by atoms with Gasteiger partial charge in [-0.1, -0.05) is 6.07 Å². The van der Waals surface area contributed by atoms with Gasteiger partial charge in [0.05, 0.1) is 10.5 Å². The number of hydrogen-bond donors (Lipinski definition) is 0. The molecule has 2 rings (SSSR count). The van der Waals surface area contributed by atoms with Crippen LogP contribution in [0.25, 0.3) is 0 Å². The summed E-state index contributed by atoms with van der Waals surface area (Å²) in [7, 11) is 0. The van der Waals surface area contributed by atoms with E-state index in [1.807, 2.05) is 6.07 Å². The van der Waals surface area contributed by atoms with Crippen LogP contribution < -0.4 is 4.74 Å². The highest BCUT2D eigenvalue weighted by Gasteiger charge is 2.18. The van der Waals surface area contributed by atoms with Crippen LogP contribution in [0, 0.1) is 34.2 Å². The van der Waals surface area contributed by atoms with Crippen LogP contribution in [0.15, 0.2) is 36.4 Å². The van der Waals surface area contributed by atoms with E-state index in [9.17, 15) is 14.5 Å². The van der Waals surface area contributed by atoms with E-state index in [4.69, 9.17) is 10.00 Å². The predicted molar refractivity (Wildman–Crippen MR) is 69.0 cm³/mol. The Labute approximate surface area is 114 Å². The van der Waals surface area contributed by atoms with E-state index in [-0.39, 0.29) is 22.7 Å². The largest absolute Gasteiger partial charge is 0.449 e. The zero-order valence-corrected chi connectivity index (χ0v) is 10.5. The first kappa shape index (κ1) is 13.5. The summed E-state index contributed by atoms with van der Waals surface area (Å²) >= 11 is 0. The second kappa shape index (κ2) is 5.36. The molecule has 2 aromatic carbocycles. The van der Waals surface area contributed by atoms with Crippen LogP contribution in [-0.4, -0.2) is 4.92 Å². The Hall–Kier alpha value is -2.94. The molecule has 0 atom stereocenters. The SMILES string of the molecule is Cc1ccc(C#N)c(Oc2cc(F)ccc2[N+](=O)[O-])c1. The maximum Gasteiger partial charge on any atom is 0.311 e. The summed E-state index contributed by atoms with van der Waals surface area (Å²) in [6.45, 7) is 1.79. The van der Waals surface area contributed by atoms with Gasteiger partial charge < -0.3 is 4.74 Å². The van der Waals surface area contributed by atoms with Crippen molar-refractivity contribution in [3.05, 3.63) is 63.5 Å². The monoisotopic (exact) mass is 272 g/mol. The molecule has 20 heavy (non-hydrogen) atoms. The predicted octanol–water partition coefficient (Wildman–Crippen LogP) is 3.71. The van der Waals surface area contributed by atoms with Crippen molar-refractivity contribution in [2.45, 2.75) is 6.92 Å². The lowest BCUT2D eigenvalue weighted by Crippen LogP contribution is -1.96. The first-order chi connectivity index (χ1) is 9.51. The topological polar surface area (TPSA) is 76.2 Å². The van der Waals surface area contributed by atoms with Gasteiger partial charge in [-0.2, -0.15) is 5.26 Å². The van der Waals surface area contributed by atoms with Crippen LogP contribution in [0.2, 0.25) is 0 Å². The van der Waals surface area contributed by atoms with Gasteiger partial charge in [0.2, 0.25) is 5.75 Å². The lowest BCUT2D eigenvalue weighted by atomic mass is 10.1. The Kier molecular flexibility index (Phi) is 3.62. The maximum absolute atomic E-state index is 13.2. The second-order valence-corrected chi connectivity index (χ2v) is 4.08. The van der Waals surface area contributed by atoms with Gasteiger partial charge in [0.1, 0.15) is 17.6 Å². The standard InChI is InChI=1S/C14H9FN2O3/c1-9-2-3-10(8-16)13(6-9)20-14-7-11(15)4-5-12(14)17(18)19/h2-7H,1H3. The van der Waals surface area contributed by atoms with Crippen LogP contribution in [0.1, 0.15) is 11.1 Å². The lowest BCUT2D eigenvalue weighted by molar-refractivity contribution is -0.385. The van der Waals surface area contributed by atoms with Crippen LogP contribution in [-0.2, 0) is 0 Å². The lowest BCUT2D eigenvalue weighted by Gasteiger charge is -2.08. The Balaban J connectivity index is 2.50. The average Bonchev–Trinajstić information content (AvgIpc) is 2.38.